The van der Waals surface area contributed by atoms with Crippen LogP contribution in [0.5, 0.6) is 0 Å². The number of carboxylic acid groups (broad SMARTS) is 1. The highest BCUT2D eigenvalue weighted by molar-refractivity contribution is 5.70. The molecule has 0 aromatic heterocycles. The average molecular weight is 762 g/mol. The summed E-state index contributed by atoms with van der Waals surface area (Å²) in [5.74, 6) is -3.01. The van der Waals surface area contributed by atoms with Crippen LogP contribution < -0.4 is 10.0 Å². The van der Waals surface area contributed by atoms with Gasteiger partial charge in [0.05, 0.1) is 20.7 Å². The van der Waals surface area contributed by atoms with Crippen LogP contribution in [0.3, 0.4) is 0 Å². The lowest BCUT2D eigenvalue weighted by atomic mass is 10.1. The first-order valence-electron chi connectivity index (χ1n) is 22.2. The second kappa shape index (κ2) is 41.8. The third kappa shape index (κ3) is 41.6. The summed E-state index contributed by atoms with van der Waals surface area (Å²) in [5, 5.41) is 8.78. The number of aliphatic carboxylic acids is 1. The first kappa shape index (κ1) is 53.7. The molecule has 0 aliphatic heterocycles. The summed E-state index contributed by atoms with van der Waals surface area (Å²) in [7, 11) is 4.53. The minimum atomic E-state index is -5.19. The number of rotatable bonds is 38. The first-order valence-corrected chi connectivity index (χ1v) is 22.2. The number of quaternary nitrogens is 1. The van der Waals surface area contributed by atoms with Gasteiger partial charge in [-0.25, -0.2) is 0 Å². The number of halogens is 3. The van der Waals surface area contributed by atoms with E-state index in [1.54, 1.807) is 0 Å². The second-order valence-corrected chi connectivity index (χ2v) is 15.2. The van der Waals surface area contributed by atoms with E-state index in [4.69, 9.17) is 19.4 Å². The monoisotopic (exact) mass is 762 g/mol. The average Bonchev–Trinajstić information content (AvgIpc) is 3.12. The fourth-order valence-electron chi connectivity index (χ4n) is 6.56. The molecule has 8 heteroatoms. The standard InChI is InChI=1S/C43H85NO2.C2HF3O2/c1-6-9-11-13-15-17-19-21-23-25-27-29-31-33-35-37-39-45-41-43(42(8-3)44(4)5)46-40-38-36-34-32-30-28-26-24-22-20-18-16-14-12-10-7-2;3-2(4,5)1(6)7/h21-24,42-43H,6-20,25-41H2,1-5H3;(H,6,7). The van der Waals surface area contributed by atoms with Crippen LogP contribution in [0, 0.1) is 0 Å². The van der Waals surface area contributed by atoms with Gasteiger partial charge in [0.25, 0.3) is 0 Å². The molecule has 0 fully saturated rings. The zero-order chi connectivity index (χ0) is 39.7. The largest absolute Gasteiger partial charge is 0.542 e. The van der Waals surface area contributed by atoms with E-state index in [9.17, 15) is 13.2 Å². The van der Waals surface area contributed by atoms with E-state index in [0.717, 1.165) is 26.2 Å². The lowest BCUT2D eigenvalue weighted by molar-refractivity contribution is -0.890. The van der Waals surface area contributed by atoms with Crippen LogP contribution in [-0.2, 0) is 14.3 Å². The number of hydrogen-bond donors (Lipinski definition) is 1. The Kier molecular flexibility index (Phi) is 42.3. The van der Waals surface area contributed by atoms with Gasteiger partial charge in [-0.05, 0) is 70.6 Å². The Labute approximate surface area is 326 Å². The van der Waals surface area contributed by atoms with Gasteiger partial charge in [0.15, 0.2) is 0 Å². The molecule has 0 radical (unpaired) electrons. The molecule has 0 bridgehead atoms. The van der Waals surface area contributed by atoms with E-state index in [1.807, 2.05) is 0 Å². The Morgan fingerprint density at radius 1 is 0.566 bits per heavy atom. The summed E-state index contributed by atoms with van der Waals surface area (Å²) >= 11 is 0. The number of alkyl halides is 3. The van der Waals surface area contributed by atoms with E-state index in [-0.39, 0.29) is 6.10 Å². The molecule has 0 aliphatic carbocycles. The fraction of sp³-hybridized carbons (Fsp3) is 0.889. The van der Waals surface area contributed by atoms with Crippen molar-refractivity contribution in [3.8, 4) is 0 Å². The Morgan fingerprint density at radius 2 is 0.887 bits per heavy atom. The molecular formula is C45H86F3NO4. The Balaban J connectivity index is 0. The van der Waals surface area contributed by atoms with Gasteiger partial charge in [0.1, 0.15) is 18.1 Å². The van der Waals surface area contributed by atoms with E-state index in [1.165, 1.54) is 185 Å². The third-order valence-electron chi connectivity index (χ3n) is 9.93. The summed E-state index contributed by atoms with van der Waals surface area (Å²) in [4.78, 5) is 10.3. The molecule has 2 unspecified atom stereocenters. The molecule has 53 heavy (non-hydrogen) atoms. The lowest BCUT2D eigenvalue weighted by Gasteiger charge is -2.29. The number of allylic oxidation sites excluding steroid dienone is 4. The summed E-state index contributed by atoms with van der Waals surface area (Å²) in [6.45, 7) is 9.39. The fourth-order valence-corrected chi connectivity index (χ4v) is 6.56. The molecule has 0 spiro atoms. The number of carbonyl (C=O) groups excluding carboxylic acids is 1. The molecule has 316 valence electrons. The maximum Gasteiger partial charge on any atom is 0.430 e. The summed E-state index contributed by atoms with van der Waals surface area (Å²) in [5.41, 5.74) is 0. The van der Waals surface area contributed by atoms with Crippen LogP contribution in [0.2, 0.25) is 0 Å². The van der Waals surface area contributed by atoms with Crippen LogP contribution >= 0.6 is 0 Å². The lowest BCUT2D eigenvalue weighted by Crippen LogP contribution is -3.11. The first-order chi connectivity index (χ1) is 25.6. The van der Waals surface area contributed by atoms with Crippen LogP contribution in [0.1, 0.15) is 207 Å². The van der Waals surface area contributed by atoms with E-state index >= 15 is 0 Å². The van der Waals surface area contributed by atoms with E-state index in [2.05, 4.69) is 59.2 Å². The van der Waals surface area contributed by atoms with Crippen LogP contribution in [-0.4, -0.2) is 58.2 Å². The molecule has 0 aliphatic rings. The number of nitrogens with one attached hydrogen (secondary N) is 1. The minimum absolute atomic E-state index is 0.215. The molecule has 2 atom stereocenters. The molecule has 0 heterocycles. The van der Waals surface area contributed by atoms with Crippen molar-refractivity contribution in [2.45, 2.75) is 225 Å². The van der Waals surface area contributed by atoms with Crippen LogP contribution in [0.25, 0.3) is 0 Å². The summed E-state index contributed by atoms with van der Waals surface area (Å²) in [6, 6.07) is 0.508. The van der Waals surface area contributed by atoms with Crippen molar-refractivity contribution in [2.75, 3.05) is 33.9 Å². The molecule has 0 aromatic carbocycles. The van der Waals surface area contributed by atoms with Crippen molar-refractivity contribution in [3.63, 3.8) is 0 Å². The number of hydrogen-bond acceptors (Lipinski definition) is 4. The molecule has 0 saturated carbocycles. The van der Waals surface area contributed by atoms with Gasteiger partial charge in [0, 0.05) is 13.2 Å². The number of carboxylic acids is 1. The Hall–Kier alpha value is -1.38. The molecular weight excluding hydrogens is 675 g/mol. The molecule has 0 aromatic rings. The molecule has 0 rings (SSSR count). The van der Waals surface area contributed by atoms with Gasteiger partial charge >= 0.3 is 6.18 Å². The number of likely N-dealkylation sites (N-methyl/N-ethyl adjacent to an activating group) is 1. The number of unbranched alkanes of at least 4 members (excludes halogenated alkanes) is 24. The predicted molar refractivity (Wildman–Crippen MR) is 217 cm³/mol. The topological polar surface area (TPSA) is 63.0 Å². The highest BCUT2D eigenvalue weighted by Gasteiger charge is 2.29. The molecule has 1 N–H and O–H groups in total. The predicted octanol–water partition coefficient (Wildman–Crippen LogP) is 11.7. The maximum absolute atomic E-state index is 10.5. The molecule has 0 saturated heterocycles. The normalized spacial score (nSPS) is 13.2. The maximum atomic E-state index is 10.5. The highest BCUT2D eigenvalue weighted by Crippen LogP contribution is 2.14. The van der Waals surface area contributed by atoms with Gasteiger partial charge in [-0.1, -0.05) is 161 Å². The smallest absolute Gasteiger partial charge is 0.430 e. The van der Waals surface area contributed by atoms with Crippen molar-refractivity contribution < 1.29 is 37.4 Å². The Morgan fingerprint density at radius 3 is 1.21 bits per heavy atom. The third-order valence-corrected chi connectivity index (χ3v) is 9.93. The van der Waals surface area contributed by atoms with Crippen molar-refractivity contribution in [3.05, 3.63) is 24.3 Å². The van der Waals surface area contributed by atoms with Gasteiger partial charge in [-0.3, -0.25) is 0 Å². The van der Waals surface area contributed by atoms with E-state index < -0.39 is 12.1 Å². The van der Waals surface area contributed by atoms with Gasteiger partial charge in [-0.15, -0.1) is 0 Å². The van der Waals surface area contributed by atoms with Crippen molar-refractivity contribution >= 4 is 5.97 Å². The molecule has 0 amide bonds. The van der Waals surface area contributed by atoms with Gasteiger partial charge in [-0.2, -0.15) is 13.2 Å². The minimum Gasteiger partial charge on any atom is -0.542 e. The van der Waals surface area contributed by atoms with Crippen molar-refractivity contribution in [1.82, 2.24) is 0 Å². The summed E-state index contributed by atoms with van der Waals surface area (Å²) in [6.07, 6.45) is 43.6. The quantitative estimate of drug-likeness (QED) is 0.0503. The number of carbonyl (C=O) groups is 1. The molecule has 5 nitrogen and oxygen atoms in total. The highest BCUT2D eigenvalue weighted by atomic mass is 19.4. The number of ether oxygens (including phenoxy) is 2. The summed E-state index contributed by atoms with van der Waals surface area (Å²) < 4.78 is 44.2. The zero-order valence-electron chi connectivity index (χ0n) is 35.4. The van der Waals surface area contributed by atoms with Crippen molar-refractivity contribution in [2.24, 2.45) is 0 Å². The SMILES string of the molecule is CCCCCCCCC=CCCCCCCCCOCC(OCCCCCCCCC=CCCCCCCCC)C(CC)[NH+](C)C.O=C([O-])C(F)(F)F. The van der Waals surface area contributed by atoms with Gasteiger partial charge in [0.2, 0.25) is 0 Å². The zero-order valence-corrected chi connectivity index (χ0v) is 35.4. The second-order valence-electron chi connectivity index (χ2n) is 15.2. The van der Waals surface area contributed by atoms with Crippen molar-refractivity contribution in [1.29, 1.82) is 0 Å². The Bertz CT molecular complexity index is 803. The van der Waals surface area contributed by atoms with Crippen LogP contribution in [0.4, 0.5) is 13.2 Å². The van der Waals surface area contributed by atoms with Crippen LogP contribution in [0.15, 0.2) is 24.3 Å². The van der Waals surface area contributed by atoms with Gasteiger partial charge < -0.3 is 24.3 Å². The van der Waals surface area contributed by atoms with E-state index in [0.29, 0.717) is 6.04 Å².